The number of ether oxygens (including phenoxy) is 6. The number of carbonyl (C=O) groups excluding carboxylic acids is 2. The number of hydrogen-bond donors (Lipinski definition) is 0. The number of esters is 2. The minimum Gasteiger partial charge on any atom is -0.490 e. The maximum absolute atomic E-state index is 12.1. The van der Waals surface area contributed by atoms with E-state index in [0.29, 0.717) is 36.2 Å². The predicted octanol–water partition coefficient (Wildman–Crippen LogP) is 6.20. The Morgan fingerprint density at radius 3 is 2.30 bits per heavy atom. The van der Waals surface area contributed by atoms with Crippen molar-refractivity contribution in [2.24, 2.45) is 5.92 Å². The topological polar surface area (TPSA) is 89.5 Å². The summed E-state index contributed by atoms with van der Waals surface area (Å²) >= 11 is 0. The van der Waals surface area contributed by atoms with Gasteiger partial charge in [-0.25, -0.2) is 9.59 Å². The van der Waals surface area contributed by atoms with E-state index in [1.807, 2.05) is 30.3 Å². The normalized spacial score (nSPS) is 16.7. The van der Waals surface area contributed by atoms with Crippen LogP contribution in [0.15, 0.2) is 66.8 Å². The van der Waals surface area contributed by atoms with Gasteiger partial charge in [0.15, 0.2) is 6.29 Å². The van der Waals surface area contributed by atoms with Gasteiger partial charge in [-0.2, -0.15) is 0 Å². The smallest absolute Gasteiger partial charge is 0.341 e. The summed E-state index contributed by atoms with van der Waals surface area (Å²) in [5, 5.41) is 0. The number of methoxy groups -OCH3 is 1. The molecule has 1 heterocycles. The van der Waals surface area contributed by atoms with E-state index in [4.69, 9.17) is 28.4 Å². The van der Waals surface area contributed by atoms with Crippen molar-refractivity contribution in [1.29, 1.82) is 0 Å². The molecule has 2 aromatic rings. The molecule has 1 fully saturated rings. The van der Waals surface area contributed by atoms with E-state index in [1.54, 1.807) is 19.1 Å². The molecular formula is C32H40O8. The Morgan fingerprint density at radius 1 is 0.950 bits per heavy atom. The molecule has 0 bridgehead atoms. The van der Waals surface area contributed by atoms with Crippen LogP contribution >= 0.6 is 0 Å². The van der Waals surface area contributed by atoms with Gasteiger partial charge >= 0.3 is 11.9 Å². The molecule has 0 N–H and O–H groups in total. The van der Waals surface area contributed by atoms with E-state index in [2.05, 4.69) is 20.1 Å². The zero-order chi connectivity index (χ0) is 28.9. The van der Waals surface area contributed by atoms with Crippen molar-refractivity contribution in [2.45, 2.75) is 45.8 Å². The van der Waals surface area contributed by atoms with Crippen molar-refractivity contribution < 1.29 is 38.0 Å². The van der Waals surface area contributed by atoms with Crippen molar-refractivity contribution >= 4 is 11.9 Å². The highest BCUT2D eigenvalue weighted by atomic mass is 16.7. The van der Waals surface area contributed by atoms with Crippen LogP contribution in [0, 0.1) is 5.92 Å². The predicted molar refractivity (Wildman–Crippen MR) is 152 cm³/mol. The summed E-state index contributed by atoms with van der Waals surface area (Å²) in [7, 11) is 1.49. The third-order valence-electron chi connectivity index (χ3n) is 6.37. The van der Waals surface area contributed by atoms with Crippen LogP contribution in [0.2, 0.25) is 0 Å². The lowest BCUT2D eigenvalue weighted by Gasteiger charge is -2.30. The lowest BCUT2D eigenvalue weighted by atomic mass is 10.00. The molecule has 8 heteroatoms. The number of carbonyl (C=O) groups is 2. The summed E-state index contributed by atoms with van der Waals surface area (Å²) in [5.74, 6) is 0.374. The van der Waals surface area contributed by atoms with Crippen LogP contribution in [0.4, 0.5) is 0 Å². The van der Waals surface area contributed by atoms with Crippen molar-refractivity contribution in [3.05, 3.63) is 72.3 Å². The first-order valence-electron chi connectivity index (χ1n) is 13.6. The molecule has 2 aromatic carbocycles. The van der Waals surface area contributed by atoms with Gasteiger partial charge in [-0.1, -0.05) is 57.5 Å². The van der Waals surface area contributed by atoms with Crippen LogP contribution in [-0.4, -0.2) is 52.1 Å². The molecule has 1 aliphatic heterocycles. The fourth-order valence-electron chi connectivity index (χ4n) is 4.15. The Hall–Kier alpha value is -3.46. The van der Waals surface area contributed by atoms with Crippen molar-refractivity contribution in [3.8, 4) is 22.6 Å². The number of benzene rings is 2. The number of rotatable bonds is 15. The molecule has 0 spiro atoms. The van der Waals surface area contributed by atoms with Crippen molar-refractivity contribution in [2.75, 3.05) is 40.1 Å². The maximum Gasteiger partial charge on any atom is 0.341 e. The third-order valence-corrected chi connectivity index (χ3v) is 6.37. The summed E-state index contributed by atoms with van der Waals surface area (Å²) in [6.07, 6.45) is 4.04. The quantitative estimate of drug-likeness (QED) is 0.112. The second kappa shape index (κ2) is 16.0. The van der Waals surface area contributed by atoms with Crippen LogP contribution in [-0.2, 0) is 28.5 Å². The van der Waals surface area contributed by atoms with Crippen LogP contribution in [0.25, 0.3) is 11.1 Å². The van der Waals surface area contributed by atoms with Crippen LogP contribution in [0.5, 0.6) is 11.5 Å². The first kappa shape index (κ1) is 31.1. The second-order valence-electron chi connectivity index (χ2n) is 9.83. The van der Waals surface area contributed by atoms with E-state index in [9.17, 15) is 9.59 Å². The van der Waals surface area contributed by atoms with Gasteiger partial charge in [0.05, 0.1) is 31.0 Å². The minimum absolute atomic E-state index is 0.0930. The zero-order valence-electron chi connectivity index (χ0n) is 23.7. The van der Waals surface area contributed by atoms with E-state index in [0.717, 1.165) is 29.5 Å². The van der Waals surface area contributed by atoms with Crippen molar-refractivity contribution in [1.82, 2.24) is 0 Å². The fraction of sp³-hybridized carbons (Fsp3) is 0.438. The lowest BCUT2D eigenvalue weighted by Crippen LogP contribution is -2.27. The van der Waals surface area contributed by atoms with Gasteiger partial charge in [-0.15, -0.1) is 0 Å². The molecule has 0 aromatic heterocycles. The Kier molecular flexibility index (Phi) is 12.4. The van der Waals surface area contributed by atoms with E-state index in [-0.39, 0.29) is 25.4 Å². The summed E-state index contributed by atoms with van der Waals surface area (Å²) in [4.78, 5) is 23.8. The molecule has 8 nitrogen and oxygen atoms in total. The average Bonchev–Trinajstić information content (AvgIpc) is 2.96. The lowest BCUT2D eigenvalue weighted by molar-refractivity contribution is -0.206. The summed E-state index contributed by atoms with van der Waals surface area (Å²) < 4.78 is 33.7. The highest BCUT2D eigenvalue weighted by molar-refractivity contribution is 5.89. The highest BCUT2D eigenvalue weighted by Crippen LogP contribution is 2.36. The Labute approximate surface area is 236 Å². The van der Waals surface area contributed by atoms with Gasteiger partial charge in [-0.3, -0.25) is 0 Å². The van der Waals surface area contributed by atoms with E-state index in [1.165, 1.54) is 20.0 Å². The SMILES string of the molecule is C=C(C)C(=O)OCCOc1ccc(-c2ccc(OC(=O)C(=C)COC)cc2)cc1C1OCC(CCCCC)CO1. The largest absolute Gasteiger partial charge is 0.490 e. The van der Waals surface area contributed by atoms with Gasteiger partial charge in [-0.05, 0) is 48.7 Å². The highest BCUT2D eigenvalue weighted by Gasteiger charge is 2.26. The van der Waals surface area contributed by atoms with Gasteiger partial charge in [0.1, 0.15) is 24.7 Å². The molecule has 0 unspecified atom stereocenters. The molecule has 1 aliphatic rings. The summed E-state index contributed by atoms with van der Waals surface area (Å²) in [6, 6.07) is 12.9. The monoisotopic (exact) mass is 552 g/mol. The molecule has 0 radical (unpaired) electrons. The summed E-state index contributed by atoms with van der Waals surface area (Å²) in [6.45, 7) is 12.6. The first-order chi connectivity index (χ1) is 19.3. The van der Waals surface area contributed by atoms with Crippen LogP contribution in [0.1, 0.15) is 51.4 Å². The van der Waals surface area contributed by atoms with Crippen molar-refractivity contribution in [3.63, 3.8) is 0 Å². The Morgan fingerprint density at radius 2 is 1.65 bits per heavy atom. The van der Waals surface area contributed by atoms with Crippen LogP contribution < -0.4 is 9.47 Å². The van der Waals surface area contributed by atoms with Gasteiger partial charge in [0, 0.05) is 18.6 Å². The zero-order valence-corrected chi connectivity index (χ0v) is 23.7. The Balaban J connectivity index is 1.73. The maximum atomic E-state index is 12.1. The number of hydrogen-bond acceptors (Lipinski definition) is 8. The fourth-order valence-corrected chi connectivity index (χ4v) is 4.15. The third kappa shape index (κ3) is 9.33. The first-order valence-corrected chi connectivity index (χ1v) is 13.6. The molecule has 0 aliphatic carbocycles. The van der Waals surface area contributed by atoms with Crippen LogP contribution in [0.3, 0.4) is 0 Å². The standard InChI is InChI=1S/C32H40O8/c1-6-7-8-9-24-20-38-32(39-21-24)28-18-26(12-15-29(28)36-16-17-37-30(33)22(2)3)25-10-13-27(14-11-25)40-31(34)23(4)19-35-5/h10-15,18,24,32H,2,4,6-9,16-17,19-21H2,1,3,5H3. The average molecular weight is 553 g/mol. The second-order valence-corrected chi connectivity index (χ2v) is 9.83. The molecule has 0 atom stereocenters. The Bertz CT molecular complexity index is 1150. The molecule has 0 amide bonds. The molecule has 216 valence electrons. The molecular weight excluding hydrogens is 512 g/mol. The van der Waals surface area contributed by atoms with Gasteiger partial charge in [0.2, 0.25) is 0 Å². The van der Waals surface area contributed by atoms with E-state index < -0.39 is 18.2 Å². The molecule has 0 saturated carbocycles. The molecule has 1 saturated heterocycles. The van der Waals surface area contributed by atoms with Gasteiger partial charge in [0.25, 0.3) is 0 Å². The molecule has 40 heavy (non-hydrogen) atoms. The van der Waals surface area contributed by atoms with Gasteiger partial charge < -0.3 is 28.4 Å². The minimum atomic E-state index is -0.581. The number of unbranched alkanes of at least 4 members (excludes halogenated alkanes) is 2. The summed E-state index contributed by atoms with van der Waals surface area (Å²) in [5.41, 5.74) is 3.15. The van der Waals surface area contributed by atoms with E-state index >= 15 is 0 Å². The molecule has 3 rings (SSSR count).